The van der Waals surface area contributed by atoms with E-state index in [1.807, 2.05) is 26.8 Å². The second kappa shape index (κ2) is 24.3. The van der Waals surface area contributed by atoms with Gasteiger partial charge < -0.3 is 70.4 Å². The molecule has 17 atom stereocenters. The summed E-state index contributed by atoms with van der Waals surface area (Å²) in [4.78, 5) is 12.8. The Morgan fingerprint density at radius 3 is 1.93 bits per heavy atom. The van der Waals surface area contributed by atoms with E-state index in [-0.39, 0.29) is 23.8 Å². The highest BCUT2D eigenvalue weighted by Gasteiger charge is 2.46. The molecular formula is C41H74O15. The lowest BCUT2D eigenvalue weighted by atomic mass is 9.82. The van der Waals surface area contributed by atoms with Gasteiger partial charge in [-0.25, -0.2) is 4.79 Å². The summed E-state index contributed by atoms with van der Waals surface area (Å²) in [6, 6.07) is 0. The van der Waals surface area contributed by atoms with Crippen LogP contribution in [0.3, 0.4) is 0 Å². The molecule has 1 rings (SSSR count). The molecular weight excluding hydrogens is 732 g/mol. The summed E-state index contributed by atoms with van der Waals surface area (Å²) in [5.74, 6) is -1.10. The summed E-state index contributed by atoms with van der Waals surface area (Å²) in [5, 5.41) is 112. The Labute approximate surface area is 333 Å². The molecule has 15 heteroatoms. The van der Waals surface area contributed by atoms with Gasteiger partial charge in [-0.1, -0.05) is 71.8 Å². The normalized spacial score (nSPS) is 28.5. The molecule has 328 valence electrons. The summed E-state index contributed by atoms with van der Waals surface area (Å²) in [5.41, 5.74) is -0.232. The summed E-state index contributed by atoms with van der Waals surface area (Å²) >= 11 is 0. The highest BCUT2D eigenvalue weighted by Crippen LogP contribution is 2.33. The zero-order valence-corrected chi connectivity index (χ0v) is 35.0. The van der Waals surface area contributed by atoms with Crippen LogP contribution in [0, 0.1) is 29.6 Å². The van der Waals surface area contributed by atoms with Gasteiger partial charge in [-0.2, -0.15) is 0 Å². The van der Waals surface area contributed by atoms with E-state index in [2.05, 4.69) is 20.8 Å². The number of esters is 1. The fourth-order valence-corrected chi connectivity index (χ4v) is 7.61. The van der Waals surface area contributed by atoms with Crippen molar-refractivity contribution in [1.82, 2.24) is 0 Å². The number of aliphatic hydroxyl groups excluding tert-OH is 10. The molecule has 1 unspecified atom stereocenters. The molecule has 1 aliphatic heterocycles. The molecule has 0 spiro atoms. The van der Waals surface area contributed by atoms with Crippen molar-refractivity contribution in [2.45, 2.75) is 168 Å². The Hall–Kier alpha value is -1.83. The smallest absolute Gasteiger partial charge is 0.333 e. The first-order chi connectivity index (χ1) is 25.9. The van der Waals surface area contributed by atoms with Crippen LogP contribution < -0.4 is 0 Å². The van der Waals surface area contributed by atoms with Crippen molar-refractivity contribution in [3.05, 3.63) is 34.9 Å². The van der Waals surface area contributed by atoms with Crippen molar-refractivity contribution in [2.75, 3.05) is 19.8 Å². The second-order valence-corrected chi connectivity index (χ2v) is 16.7. The van der Waals surface area contributed by atoms with E-state index in [4.69, 9.17) is 19.3 Å². The number of carbonyl (C=O) groups is 1. The van der Waals surface area contributed by atoms with Crippen LogP contribution in [0.15, 0.2) is 34.9 Å². The maximum Gasteiger partial charge on any atom is 0.333 e. The van der Waals surface area contributed by atoms with Crippen LogP contribution in [0.25, 0.3) is 0 Å². The first kappa shape index (κ1) is 52.2. The third kappa shape index (κ3) is 16.1. The van der Waals surface area contributed by atoms with E-state index < -0.39 is 105 Å². The monoisotopic (exact) mass is 807 g/mol. The number of hydrogen-bond acceptors (Lipinski definition) is 15. The van der Waals surface area contributed by atoms with Gasteiger partial charge in [0.05, 0.1) is 37.6 Å². The molecule has 0 aliphatic carbocycles. The van der Waals surface area contributed by atoms with Crippen LogP contribution in [-0.2, 0) is 19.0 Å². The van der Waals surface area contributed by atoms with Crippen molar-refractivity contribution in [1.29, 1.82) is 0 Å². The highest BCUT2D eigenvalue weighted by atomic mass is 16.7. The zero-order chi connectivity index (χ0) is 43.2. The molecule has 56 heavy (non-hydrogen) atoms. The van der Waals surface area contributed by atoms with Crippen molar-refractivity contribution >= 4 is 5.97 Å². The molecule has 0 amide bonds. The van der Waals surface area contributed by atoms with Gasteiger partial charge in [0, 0.05) is 23.8 Å². The number of hydrogen-bond donors (Lipinski definition) is 11. The molecule has 1 fully saturated rings. The molecule has 0 radical (unpaired) electrons. The molecule has 11 N–H and O–H groups in total. The average molecular weight is 807 g/mol. The van der Waals surface area contributed by atoms with Crippen LogP contribution >= 0.6 is 0 Å². The summed E-state index contributed by atoms with van der Waals surface area (Å²) in [7, 11) is 0. The van der Waals surface area contributed by atoms with Gasteiger partial charge in [0.25, 0.3) is 0 Å². The SMILES string of the molecule is CC[C@H](C)C[C@H](C)C[C@H](C)[C@@H](O[C@@H]1O[C@H](CO)[C@@H](O)[C@H](O)[C@@H]1O)[C@@H](C)/C=C(\C)C[C@](C)(O)/C=C(\C)C(O)[C@@H](C)/C=C(\C)C(=O)O[C@@H]([C@H](O)[C@H](O)CO)[C@H](O)CO. The summed E-state index contributed by atoms with van der Waals surface area (Å²) < 4.78 is 17.2. The highest BCUT2D eigenvalue weighted by molar-refractivity contribution is 5.88. The molecule has 0 saturated carbocycles. The number of aliphatic hydroxyl groups is 11. The Bertz CT molecular complexity index is 1250. The summed E-state index contributed by atoms with van der Waals surface area (Å²) in [6.45, 7) is 16.3. The fourth-order valence-electron chi connectivity index (χ4n) is 7.61. The largest absolute Gasteiger partial charge is 0.453 e. The number of ether oxygens (including phenoxy) is 3. The van der Waals surface area contributed by atoms with Crippen molar-refractivity contribution in [3.63, 3.8) is 0 Å². The van der Waals surface area contributed by atoms with Crippen LogP contribution in [0.2, 0.25) is 0 Å². The van der Waals surface area contributed by atoms with Gasteiger partial charge in [0.2, 0.25) is 0 Å². The lowest BCUT2D eigenvalue weighted by Crippen LogP contribution is -2.60. The Balaban J connectivity index is 3.22. The first-order valence-electron chi connectivity index (χ1n) is 19.8. The van der Waals surface area contributed by atoms with Gasteiger partial charge in [0.15, 0.2) is 12.4 Å². The lowest BCUT2D eigenvalue weighted by Gasteiger charge is -2.42. The van der Waals surface area contributed by atoms with Crippen LogP contribution in [-0.4, -0.2) is 155 Å². The maximum absolute atomic E-state index is 12.8. The molecule has 1 saturated heterocycles. The Morgan fingerprint density at radius 1 is 0.804 bits per heavy atom. The molecule has 0 bridgehead atoms. The van der Waals surface area contributed by atoms with Crippen LogP contribution in [0.1, 0.15) is 94.9 Å². The lowest BCUT2D eigenvalue weighted by molar-refractivity contribution is -0.317. The number of carbonyl (C=O) groups excluding carboxylic acids is 1. The molecule has 0 aromatic heterocycles. The average Bonchev–Trinajstić information content (AvgIpc) is 3.13. The van der Waals surface area contributed by atoms with Gasteiger partial charge in [0.1, 0.15) is 42.7 Å². The Kier molecular flexibility index (Phi) is 22.6. The van der Waals surface area contributed by atoms with Crippen molar-refractivity contribution in [2.24, 2.45) is 29.6 Å². The molecule has 1 heterocycles. The molecule has 1 aliphatic rings. The van der Waals surface area contributed by atoms with Gasteiger partial charge >= 0.3 is 5.97 Å². The molecule has 15 nitrogen and oxygen atoms in total. The van der Waals surface area contributed by atoms with E-state index in [0.717, 1.165) is 24.8 Å². The first-order valence-corrected chi connectivity index (χ1v) is 19.8. The third-order valence-electron chi connectivity index (χ3n) is 10.7. The quantitative estimate of drug-likeness (QED) is 0.0367. The fraction of sp³-hybridized carbons (Fsp3) is 0.829. The van der Waals surface area contributed by atoms with E-state index in [9.17, 15) is 55.9 Å². The minimum atomic E-state index is -1.89. The minimum Gasteiger partial charge on any atom is -0.453 e. The Morgan fingerprint density at radius 2 is 1.39 bits per heavy atom. The van der Waals surface area contributed by atoms with E-state index in [1.54, 1.807) is 20.8 Å². The topological polar surface area (TPSA) is 267 Å². The third-order valence-corrected chi connectivity index (χ3v) is 10.7. The van der Waals surface area contributed by atoms with Crippen LogP contribution in [0.4, 0.5) is 0 Å². The summed E-state index contributed by atoms with van der Waals surface area (Å²) in [6.07, 6.45) is -7.96. The number of rotatable bonds is 24. The predicted octanol–water partition coefficient (Wildman–Crippen LogP) is 0.862. The second-order valence-electron chi connectivity index (χ2n) is 16.7. The van der Waals surface area contributed by atoms with Crippen molar-refractivity contribution < 1.29 is 75.2 Å². The van der Waals surface area contributed by atoms with Crippen LogP contribution in [0.5, 0.6) is 0 Å². The van der Waals surface area contributed by atoms with E-state index in [0.29, 0.717) is 17.4 Å². The van der Waals surface area contributed by atoms with E-state index >= 15 is 0 Å². The molecule has 0 aromatic carbocycles. The van der Waals surface area contributed by atoms with Crippen molar-refractivity contribution in [3.8, 4) is 0 Å². The van der Waals surface area contributed by atoms with Gasteiger partial charge in [-0.15, -0.1) is 0 Å². The molecule has 0 aromatic rings. The van der Waals surface area contributed by atoms with E-state index in [1.165, 1.54) is 19.1 Å². The maximum atomic E-state index is 12.8. The minimum absolute atomic E-state index is 0.00584. The standard InChI is InChI=1S/C41H74O15/c1-11-21(2)12-22(3)13-25(6)37(56-40-36(51)35(50)34(49)31(20-44)54-40)26(7)14-23(4)16-41(10,53)17-28(9)32(47)24(5)15-27(8)39(52)55-38(30(46)19-43)33(48)29(45)18-42/h14-15,17,21-22,24-26,29-38,40,42-51,53H,11-13,16,18-20H2,1-10H3/b23-14+,27-15+,28-17+/t21-,22-,24-,25-,26-,29+,30+,31+,32?,33+,34+,35-,36-,37+,38+,40-,41-/m0/s1. The predicted molar refractivity (Wildman–Crippen MR) is 209 cm³/mol. The van der Waals surface area contributed by atoms with Gasteiger partial charge in [-0.3, -0.25) is 0 Å². The van der Waals surface area contributed by atoms with Gasteiger partial charge in [-0.05, 0) is 63.9 Å². The zero-order valence-electron chi connectivity index (χ0n) is 35.0.